The maximum absolute atomic E-state index is 13.5. The number of rotatable bonds is 7. The zero-order chi connectivity index (χ0) is 12.8. The van der Waals surface area contributed by atoms with Crippen molar-refractivity contribution < 1.29 is 4.39 Å². The highest BCUT2D eigenvalue weighted by molar-refractivity contribution is 7.99. The lowest BCUT2D eigenvalue weighted by Gasteiger charge is -2.36. The van der Waals surface area contributed by atoms with Gasteiger partial charge in [-0.2, -0.15) is 11.8 Å². The lowest BCUT2D eigenvalue weighted by Crippen LogP contribution is -2.41. The Kier molecular flexibility index (Phi) is 5.26. The molecular formula is C15H20FNS. The molecule has 0 heterocycles. The van der Waals surface area contributed by atoms with Crippen LogP contribution in [0.15, 0.2) is 36.9 Å². The zero-order valence-corrected chi connectivity index (χ0v) is 11.4. The Balaban J connectivity index is 1.65. The summed E-state index contributed by atoms with van der Waals surface area (Å²) in [7, 11) is 0. The van der Waals surface area contributed by atoms with Crippen LogP contribution in [0.2, 0.25) is 0 Å². The maximum Gasteiger partial charge on any atom is 0.126 e. The van der Waals surface area contributed by atoms with Gasteiger partial charge in [0.2, 0.25) is 0 Å². The summed E-state index contributed by atoms with van der Waals surface area (Å²) in [6.45, 7) is 4.73. The molecule has 3 heteroatoms. The number of benzene rings is 1. The number of nitrogens with one attached hydrogen (secondary N) is 1. The topological polar surface area (TPSA) is 12.0 Å². The van der Waals surface area contributed by atoms with Crippen LogP contribution in [0.5, 0.6) is 0 Å². The van der Waals surface area contributed by atoms with Gasteiger partial charge in [0, 0.05) is 24.1 Å². The monoisotopic (exact) mass is 265 g/mol. The van der Waals surface area contributed by atoms with Crippen LogP contribution in [0.3, 0.4) is 0 Å². The molecule has 0 saturated heterocycles. The molecule has 18 heavy (non-hydrogen) atoms. The van der Waals surface area contributed by atoms with Crippen LogP contribution in [0, 0.1) is 5.82 Å². The van der Waals surface area contributed by atoms with Crippen molar-refractivity contribution in [1.29, 1.82) is 0 Å². The van der Waals surface area contributed by atoms with Gasteiger partial charge in [-0.25, -0.2) is 4.39 Å². The van der Waals surface area contributed by atoms with E-state index in [0.29, 0.717) is 12.0 Å². The standard InChI is InChI=1S/C15H20FNS/c1-2-8-18-9-7-17-13-10-12(11-13)14-5-3-4-6-15(14)16/h2-6,12-13,17H,1,7-11H2. The smallest absolute Gasteiger partial charge is 0.126 e. The minimum absolute atomic E-state index is 0.0533. The van der Waals surface area contributed by atoms with E-state index >= 15 is 0 Å². The fraction of sp³-hybridized carbons (Fsp3) is 0.467. The summed E-state index contributed by atoms with van der Waals surface area (Å²) >= 11 is 1.89. The summed E-state index contributed by atoms with van der Waals surface area (Å²) in [5.74, 6) is 2.49. The third kappa shape index (κ3) is 3.59. The van der Waals surface area contributed by atoms with Gasteiger partial charge in [0.1, 0.15) is 5.82 Å². The molecule has 0 aromatic heterocycles. The van der Waals surface area contributed by atoms with Gasteiger partial charge in [0.25, 0.3) is 0 Å². The third-order valence-corrected chi connectivity index (χ3v) is 4.36. The van der Waals surface area contributed by atoms with E-state index in [9.17, 15) is 4.39 Å². The molecule has 0 spiro atoms. The summed E-state index contributed by atoms with van der Waals surface area (Å²) in [6, 6.07) is 7.71. The fourth-order valence-electron chi connectivity index (χ4n) is 2.35. The van der Waals surface area contributed by atoms with Crippen LogP contribution in [-0.4, -0.2) is 24.1 Å². The predicted molar refractivity (Wildman–Crippen MR) is 77.7 cm³/mol. The molecule has 0 atom stereocenters. The van der Waals surface area contributed by atoms with E-state index in [0.717, 1.165) is 36.5 Å². The van der Waals surface area contributed by atoms with Crippen molar-refractivity contribution in [3.63, 3.8) is 0 Å². The van der Waals surface area contributed by atoms with Crippen molar-refractivity contribution >= 4 is 11.8 Å². The quantitative estimate of drug-likeness (QED) is 0.597. The van der Waals surface area contributed by atoms with Crippen molar-refractivity contribution in [3.05, 3.63) is 48.3 Å². The van der Waals surface area contributed by atoms with Crippen molar-refractivity contribution in [2.75, 3.05) is 18.1 Å². The molecule has 0 aliphatic heterocycles. The summed E-state index contributed by atoms with van der Waals surface area (Å²) in [5, 5.41) is 3.52. The SMILES string of the molecule is C=CCSCCNC1CC(c2ccccc2F)C1. The van der Waals surface area contributed by atoms with Crippen molar-refractivity contribution in [2.24, 2.45) is 0 Å². The molecule has 98 valence electrons. The number of thioether (sulfide) groups is 1. The van der Waals surface area contributed by atoms with E-state index in [2.05, 4.69) is 11.9 Å². The number of halogens is 1. The van der Waals surface area contributed by atoms with Crippen LogP contribution in [0.25, 0.3) is 0 Å². The largest absolute Gasteiger partial charge is 0.313 e. The minimum atomic E-state index is -0.0533. The highest BCUT2D eigenvalue weighted by Gasteiger charge is 2.31. The Hall–Kier alpha value is -0.800. The Morgan fingerprint density at radius 2 is 2.17 bits per heavy atom. The second-order valence-corrected chi connectivity index (χ2v) is 5.85. The fourth-order valence-corrected chi connectivity index (χ4v) is 2.94. The molecule has 1 fully saturated rings. The lowest BCUT2D eigenvalue weighted by atomic mass is 9.75. The Morgan fingerprint density at radius 3 is 2.89 bits per heavy atom. The second kappa shape index (κ2) is 6.95. The predicted octanol–water partition coefficient (Wildman–Crippen LogP) is 3.58. The Labute approximate surface area is 113 Å². The Morgan fingerprint density at radius 1 is 1.39 bits per heavy atom. The van der Waals surface area contributed by atoms with E-state index < -0.39 is 0 Å². The highest BCUT2D eigenvalue weighted by Crippen LogP contribution is 2.37. The first kappa shape index (κ1) is 13.6. The van der Waals surface area contributed by atoms with Crippen molar-refractivity contribution in [1.82, 2.24) is 5.32 Å². The molecule has 1 N–H and O–H groups in total. The summed E-state index contributed by atoms with van der Waals surface area (Å²) in [4.78, 5) is 0. The van der Waals surface area contributed by atoms with Gasteiger partial charge >= 0.3 is 0 Å². The first-order chi connectivity index (χ1) is 8.81. The molecule has 1 aromatic carbocycles. The molecule has 1 aliphatic rings. The van der Waals surface area contributed by atoms with Gasteiger partial charge in [-0.15, -0.1) is 6.58 Å². The van der Waals surface area contributed by atoms with E-state index in [1.54, 1.807) is 12.1 Å². The first-order valence-electron chi connectivity index (χ1n) is 6.47. The summed E-state index contributed by atoms with van der Waals surface area (Å²) in [5.41, 5.74) is 0.886. The molecule has 0 bridgehead atoms. The van der Waals surface area contributed by atoms with Crippen LogP contribution < -0.4 is 5.32 Å². The van der Waals surface area contributed by atoms with Gasteiger partial charge in [-0.1, -0.05) is 24.3 Å². The maximum atomic E-state index is 13.5. The van der Waals surface area contributed by atoms with Gasteiger partial charge in [0.15, 0.2) is 0 Å². The van der Waals surface area contributed by atoms with Gasteiger partial charge in [0.05, 0.1) is 0 Å². The van der Waals surface area contributed by atoms with Crippen LogP contribution >= 0.6 is 11.8 Å². The van der Waals surface area contributed by atoms with E-state index in [1.807, 2.05) is 30.0 Å². The second-order valence-electron chi connectivity index (χ2n) is 4.70. The van der Waals surface area contributed by atoms with Gasteiger partial charge in [-0.3, -0.25) is 0 Å². The minimum Gasteiger partial charge on any atom is -0.313 e. The van der Waals surface area contributed by atoms with Crippen LogP contribution in [-0.2, 0) is 0 Å². The molecule has 0 unspecified atom stereocenters. The molecule has 0 amide bonds. The molecule has 1 aliphatic carbocycles. The molecule has 1 saturated carbocycles. The number of hydrogen-bond acceptors (Lipinski definition) is 2. The van der Waals surface area contributed by atoms with Crippen molar-refractivity contribution in [3.8, 4) is 0 Å². The van der Waals surface area contributed by atoms with Crippen molar-refractivity contribution in [2.45, 2.75) is 24.8 Å². The first-order valence-corrected chi connectivity index (χ1v) is 7.63. The van der Waals surface area contributed by atoms with Crippen LogP contribution in [0.1, 0.15) is 24.3 Å². The molecule has 1 nitrogen and oxygen atoms in total. The molecule has 0 radical (unpaired) electrons. The Bertz CT molecular complexity index is 388. The van der Waals surface area contributed by atoms with E-state index in [4.69, 9.17) is 0 Å². The van der Waals surface area contributed by atoms with E-state index in [-0.39, 0.29) is 5.82 Å². The third-order valence-electron chi connectivity index (χ3n) is 3.40. The summed E-state index contributed by atoms with van der Waals surface area (Å²) < 4.78 is 13.5. The van der Waals surface area contributed by atoms with Crippen LogP contribution in [0.4, 0.5) is 4.39 Å². The lowest BCUT2D eigenvalue weighted by molar-refractivity contribution is 0.291. The highest BCUT2D eigenvalue weighted by atomic mass is 32.2. The number of hydrogen-bond donors (Lipinski definition) is 1. The average Bonchev–Trinajstić information content (AvgIpc) is 2.33. The van der Waals surface area contributed by atoms with Gasteiger partial charge < -0.3 is 5.32 Å². The van der Waals surface area contributed by atoms with Gasteiger partial charge in [-0.05, 0) is 30.4 Å². The van der Waals surface area contributed by atoms with E-state index in [1.165, 1.54) is 0 Å². The molecule has 2 rings (SSSR count). The zero-order valence-electron chi connectivity index (χ0n) is 10.6. The molecule has 1 aromatic rings. The average molecular weight is 265 g/mol. The molecular weight excluding hydrogens is 245 g/mol. The normalized spacial score (nSPS) is 22.5. The summed E-state index contributed by atoms with van der Waals surface area (Å²) in [6.07, 6.45) is 4.06.